The molecular weight excluding hydrogens is 248 g/mol. The highest BCUT2D eigenvalue weighted by Crippen LogP contribution is 2.30. The van der Waals surface area contributed by atoms with E-state index < -0.39 is 0 Å². The second-order valence-electron chi connectivity index (χ2n) is 5.14. The molecule has 2 atom stereocenters. The minimum atomic E-state index is -0.0321. The fourth-order valence-electron chi connectivity index (χ4n) is 2.78. The number of H-pyrrole nitrogens is 1. The molecule has 100 valence electrons. The number of nitrogens with one attached hydrogen (secondary N) is 2. The van der Waals surface area contributed by atoms with E-state index in [1.807, 2.05) is 0 Å². The second kappa shape index (κ2) is 6.28. The Hall–Kier alpha value is -0.960. The Morgan fingerprint density at radius 1 is 1.56 bits per heavy atom. The summed E-state index contributed by atoms with van der Waals surface area (Å²) < 4.78 is 0. The van der Waals surface area contributed by atoms with Crippen molar-refractivity contribution in [2.24, 2.45) is 5.92 Å². The smallest absolute Gasteiger partial charge is 0.267 e. The highest BCUT2D eigenvalue weighted by molar-refractivity contribution is 6.30. The van der Waals surface area contributed by atoms with Crippen LogP contribution in [0.5, 0.6) is 0 Å². The molecule has 2 unspecified atom stereocenters. The number of aromatic nitrogens is 1. The van der Waals surface area contributed by atoms with Crippen LogP contribution in [0, 0.1) is 5.92 Å². The van der Waals surface area contributed by atoms with Gasteiger partial charge < -0.3 is 10.3 Å². The van der Waals surface area contributed by atoms with Crippen molar-refractivity contribution >= 4 is 17.5 Å². The zero-order chi connectivity index (χ0) is 13.0. The summed E-state index contributed by atoms with van der Waals surface area (Å²) in [5, 5.41) is 3.72. The highest BCUT2D eigenvalue weighted by atomic mass is 35.5. The molecule has 0 aliphatic heterocycles. The van der Waals surface area contributed by atoms with Gasteiger partial charge in [0.15, 0.2) is 0 Å². The van der Waals surface area contributed by atoms with E-state index in [1.165, 1.54) is 32.1 Å². The van der Waals surface area contributed by atoms with Crippen molar-refractivity contribution in [3.8, 4) is 0 Å². The number of hydrogen-bond acceptors (Lipinski definition) is 1. The minimum absolute atomic E-state index is 0.0321. The van der Waals surface area contributed by atoms with Gasteiger partial charge in [-0.25, -0.2) is 0 Å². The Bertz CT molecular complexity index is 402. The van der Waals surface area contributed by atoms with Crippen LogP contribution in [-0.2, 0) is 0 Å². The van der Waals surface area contributed by atoms with E-state index in [2.05, 4.69) is 17.2 Å². The third-order valence-corrected chi connectivity index (χ3v) is 4.01. The number of rotatable bonds is 5. The van der Waals surface area contributed by atoms with E-state index in [0.29, 0.717) is 22.7 Å². The molecule has 1 aliphatic carbocycles. The maximum atomic E-state index is 12.0. The van der Waals surface area contributed by atoms with Crippen molar-refractivity contribution in [3.63, 3.8) is 0 Å². The van der Waals surface area contributed by atoms with E-state index >= 15 is 0 Å². The lowest BCUT2D eigenvalue weighted by Crippen LogP contribution is -2.37. The number of halogens is 1. The van der Waals surface area contributed by atoms with Crippen molar-refractivity contribution < 1.29 is 4.79 Å². The van der Waals surface area contributed by atoms with Gasteiger partial charge in [0.1, 0.15) is 5.69 Å². The van der Waals surface area contributed by atoms with E-state index in [9.17, 15) is 4.79 Å². The van der Waals surface area contributed by atoms with Gasteiger partial charge in [-0.15, -0.1) is 0 Å². The first-order chi connectivity index (χ1) is 8.70. The van der Waals surface area contributed by atoms with Gasteiger partial charge in [0, 0.05) is 12.2 Å². The maximum Gasteiger partial charge on any atom is 0.267 e. The molecule has 2 rings (SSSR count). The molecule has 18 heavy (non-hydrogen) atoms. The lowest BCUT2D eigenvalue weighted by Gasteiger charge is -2.20. The van der Waals surface area contributed by atoms with Crippen LogP contribution in [0.2, 0.25) is 5.02 Å². The summed E-state index contributed by atoms with van der Waals surface area (Å²) in [6, 6.07) is 2.01. The fourth-order valence-corrected chi connectivity index (χ4v) is 2.95. The van der Waals surface area contributed by atoms with Crippen LogP contribution in [0.15, 0.2) is 12.3 Å². The van der Waals surface area contributed by atoms with Gasteiger partial charge in [-0.2, -0.15) is 0 Å². The molecule has 1 saturated carbocycles. The number of carbonyl (C=O) groups excluding carboxylic acids is 1. The highest BCUT2D eigenvalue weighted by Gasteiger charge is 2.28. The standard InChI is InChI=1S/C14H21ClN2O/c1-2-3-5-10-6-4-7-12(10)17-14(18)13-8-11(15)9-16-13/h8-10,12,16H,2-7H2,1H3,(H,17,18). The maximum absolute atomic E-state index is 12.0. The van der Waals surface area contributed by atoms with Gasteiger partial charge in [-0.1, -0.05) is 37.8 Å². The van der Waals surface area contributed by atoms with Gasteiger partial charge >= 0.3 is 0 Å². The molecule has 0 saturated heterocycles. The van der Waals surface area contributed by atoms with Gasteiger partial charge in [0.2, 0.25) is 0 Å². The van der Waals surface area contributed by atoms with Crippen LogP contribution in [0.25, 0.3) is 0 Å². The van der Waals surface area contributed by atoms with Crippen molar-refractivity contribution in [1.82, 2.24) is 10.3 Å². The molecule has 3 nitrogen and oxygen atoms in total. The second-order valence-corrected chi connectivity index (χ2v) is 5.58. The van der Waals surface area contributed by atoms with Crippen LogP contribution in [-0.4, -0.2) is 16.9 Å². The molecule has 0 radical (unpaired) electrons. The lowest BCUT2D eigenvalue weighted by atomic mass is 9.97. The Labute approximate surface area is 113 Å². The SMILES string of the molecule is CCCCC1CCCC1NC(=O)c1cc(Cl)c[nH]1. The first kappa shape index (κ1) is 13.5. The number of hydrogen-bond donors (Lipinski definition) is 2. The van der Waals surface area contributed by atoms with Crippen LogP contribution >= 0.6 is 11.6 Å². The van der Waals surface area contributed by atoms with Crippen LogP contribution < -0.4 is 5.32 Å². The topological polar surface area (TPSA) is 44.9 Å². The summed E-state index contributed by atoms with van der Waals surface area (Å²) >= 11 is 5.81. The molecule has 1 aromatic heterocycles. The average molecular weight is 269 g/mol. The van der Waals surface area contributed by atoms with Crippen molar-refractivity contribution in [2.45, 2.75) is 51.5 Å². The van der Waals surface area contributed by atoms with E-state index in [-0.39, 0.29) is 5.91 Å². The fraction of sp³-hybridized carbons (Fsp3) is 0.643. The molecule has 1 aromatic rings. The van der Waals surface area contributed by atoms with Crippen molar-refractivity contribution in [2.75, 3.05) is 0 Å². The molecule has 1 heterocycles. The van der Waals surface area contributed by atoms with Crippen LogP contribution in [0.4, 0.5) is 0 Å². The molecule has 4 heteroatoms. The predicted molar refractivity (Wildman–Crippen MR) is 73.9 cm³/mol. The quantitative estimate of drug-likeness (QED) is 0.839. The Morgan fingerprint density at radius 2 is 2.39 bits per heavy atom. The minimum Gasteiger partial charge on any atom is -0.356 e. The first-order valence-electron chi connectivity index (χ1n) is 6.85. The zero-order valence-corrected chi connectivity index (χ0v) is 11.6. The zero-order valence-electron chi connectivity index (χ0n) is 10.8. The third kappa shape index (κ3) is 3.29. The molecule has 2 N–H and O–H groups in total. The molecule has 0 spiro atoms. The summed E-state index contributed by atoms with van der Waals surface area (Å²) in [5.74, 6) is 0.620. The van der Waals surface area contributed by atoms with E-state index in [1.54, 1.807) is 12.3 Å². The van der Waals surface area contributed by atoms with Gasteiger partial charge in [-0.3, -0.25) is 4.79 Å². The Kier molecular flexibility index (Phi) is 4.70. The molecule has 1 fully saturated rings. The van der Waals surface area contributed by atoms with Gasteiger partial charge in [0.05, 0.1) is 5.02 Å². The van der Waals surface area contributed by atoms with Crippen molar-refractivity contribution in [3.05, 3.63) is 23.0 Å². The number of amides is 1. The third-order valence-electron chi connectivity index (χ3n) is 3.80. The number of carbonyl (C=O) groups is 1. The summed E-state index contributed by atoms with van der Waals surface area (Å²) in [5.41, 5.74) is 0.557. The number of unbranched alkanes of at least 4 members (excludes halogenated alkanes) is 1. The lowest BCUT2D eigenvalue weighted by molar-refractivity contribution is 0.0922. The predicted octanol–water partition coefficient (Wildman–Crippen LogP) is 3.76. The monoisotopic (exact) mass is 268 g/mol. The Morgan fingerprint density at radius 3 is 3.06 bits per heavy atom. The normalized spacial score (nSPS) is 23.2. The molecule has 0 bridgehead atoms. The van der Waals surface area contributed by atoms with Crippen molar-refractivity contribution in [1.29, 1.82) is 0 Å². The average Bonchev–Trinajstić information content (AvgIpc) is 2.96. The summed E-state index contributed by atoms with van der Waals surface area (Å²) in [6.07, 6.45) is 8.93. The van der Waals surface area contributed by atoms with Crippen LogP contribution in [0.3, 0.4) is 0 Å². The van der Waals surface area contributed by atoms with Gasteiger partial charge in [0.25, 0.3) is 5.91 Å². The summed E-state index contributed by atoms with van der Waals surface area (Å²) in [7, 11) is 0. The number of aromatic amines is 1. The first-order valence-corrected chi connectivity index (χ1v) is 7.23. The van der Waals surface area contributed by atoms with Crippen LogP contribution in [0.1, 0.15) is 55.9 Å². The molecule has 0 aromatic carbocycles. The largest absolute Gasteiger partial charge is 0.356 e. The molecule has 1 aliphatic rings. The van der Waals surface area contributed by atoms with E-state index in [0.717, 1.165) is 6.42 Å². The van der Waals surface area contributed by atoms with E-state index in [4.69, 9.17) is 11.6 Å². The summed E-state index contributed by atoms with van der Waals surface area (Å²) in [4.78, 5) is 14.9. The Balaban J connectivity index is 1.90. The molecular formula is C14H21ClN2O. The van der Waals surface area contributed by atoms with Gasteiger partial charge in [-0.05, 0) is 31.2 Å². The molecule has 1 amide bonds. The summed E-state index contributed by atoms with van der Waals surface area (Å²) in [6.45, 7) is 2.21.